The van der Waals surface area contributed by atoms with Gasteiger partial charge >= 0.3 is 5.97 Å². The smallest absolute Gasteiger partial charge is 0.339 e. The van der Waals surface area contributed by atoms with E-state index in [9.17, 15) is 9.59 Å². The van der Waals surface area contributed by atoms with Gasteiger partial charge in [-0.05, 0) is 38.1 Å². The standard InChI is InChI=1S/C27H28N4O5/c1-5-31-26-22(15-28-31)21(14-23(30-26)18-9-7-6-8-10-18)27(33)36-16-25(32)29-17(2)20-13-19(34-3)11-12-24(20)35-4/h6-15,17H,5,16H2,1-4H3,(H,29,32). The lowest BCUT2D eigenvalue weighted by atomic mass is 10.1. The van der Waals surface area contributed by atoms with E-state index in [1.807, 2.05) is 44.2 Å². The predicted octanol–water partition coefficient (Wildman–Crippen LogP) is 4.17. The van der Waals surface area contributed by atoms with Gasteiger partial charge in [-0.3, -0.25) is 4.79 Å². The average Bonchev–Trinajstić information content (AvgIpc) is 3.34. The molecule has 9 nitrogen and oxygen atoms in total. The van der Waals surface area contributed by atoms with Crippen LogP contribution in [0.1, 0.15) is 35.8 Å². The maximum absolute atomic E-state index is 13.1. The zero-order valence-electron chi connectivity index (χ0n) is 20.6. The molecule has 1 unspecified atom stereocenters. The Hall–Kier alpha value is -4.40. The molecule has 0 saturated carbocycles. The minimum absolute atomic E-state index is 0.300. The van der Waals surface area contributed by atoms with Crippen molar-refractivity contribution in [1.82, 2.24) is 20.1 Å². The monoisotopic (exact) mass is 488 g/mol. The second kappa shape index (κ2) is 10.9. The summed E-state index contributed by atoms with van der Waals surface area (Å²) in [5.41, 5.74) is 3.10. The first-order chi connectivity index (χ1) is 17.4. The van der Waals surface area contributed by atoms with Gasteiger partial charge in [-0.2, -0.15) is 5.10 Å². The summed E-state index contributed by atoms with van der Waals surface area (Å²) in [7, 11) is 3.12. The first kappa shape index (κ1) is 24.7. The molecule has 9 heteroatoms. The molecule has 1 amide bonds. The van der Waals surface area contributed by atoms with Gasteiger partial charge < -0.3 is 19.5 Å². The van der Waals surface area contributed by atoms with Crippen LogP contribution in [0.5, 0.6) is 11.5 Å². The van der Waals surface area contributed by atoms with E-state index in [4.69, 9.17) is 19.2 Å². The Morgan fingerprint density at radius 2 is 1.83 bits per heavy atom. The van der Waals surface area contributed by atoms with Crippen LogP contribution >= 0.6 is 0 Å². The highest BCUT2D eigenvalue weighted by atomic mass is 16.5. The molecule has 0 radical (unpaired) electrons. The second-order valence-corrected chi connectivity index (χ2v) is 8.09. The number of nitrogens with zero attached hydrogens (tertiary/aromatic N) is 3. The van der Waals surface area contributed by atoms with Crippen LogP contribution in [0.25, 0.3) is 22.3 Å². The number of methoxy groups -OCH3 is 2. The lowest BCUT2D eigenvalue weighted by molar-refractivity contribution is -0.124. The van der Waals surface area contributed by atoms with Crippen LogP contribution in [-0.2, 0) is 16.1 Å². The number of hydrogen-bond donors (Lipinski definition) is 1. The number of pyridine rings is 1. The number of carbonyl (C=O) groups excluding carboxylic acids is 2. The number of hydrogen-bond acceptors (Lipinski definition) is 7. The fourth-order valence-corrected chi connectivity index (χ4v) is 3.95. The molecule has 4 aromatic rings. The van der Waals surface area contributed by atoms with Crippen molar-refractivity contribution >= 4 is 22.9 Å². The fraction of sp³-hybridized carbons (Fsp3) is 0.259. The van der Waals surface area contributed by atoms with Gasteiger partial charge in [-0.1, -0.05) is 30.3 Å². The number of rotatable bonds is 9. The van der Waals surface area contributed by atoms with Gasteiger partial charge in [0.2, 0.25) is 0 Å². The zero-order chi connectivity index (χ0) is 25.7. The van der Waals surface area contributed by atoms with E-state index < -0.39 is 24.5 Å². The molecule has 186 valence electrons. The number of esters is 1. The fourth-order valence-electron chi connectivity index (χ4n) is 3.95. The van der Waals surface area contributed by atoms with Gasteiger partial charge in [0.1, 0.15) is 11.5 Å². The summed E-state index contributed by atoms with van der Waals surface area (Å²) in [4.78, 5) is 30.4. The highest BCUT2D eigenvalue weighted by Crippen LogP contribution is 2.29. The van der Waals surface area contributed by atoms with Crippen molar-refractivity contribution in [3.8, 4) is 22.8 Å². The van der Waals surface area contributed by atoms with Crippen molar-refractivity contribution in [3.63, 3.8) is 0 Å². The SMILES string of the molecule is CCn1ncc2c(C(=O)OCC(=O)NC(C)c3cc(OC)ccc3OC)cc(-c3ccccc3)nc21. The lowest BCUT2D eigenvalue weighted by Gasteiger charge is -2.18. The molecule has 0 fully saturated rings. The molecule has 0 bridgehead atoms. The van der Waals surface area contributed by atoms with Crippen molar-refractivity contribution in [2.45, 2.75) is 26.4 Å². The van der Waals surface area contributed by atoms with E-state index in [-0.39, 0.29) is 0 Å². The van der Waals surface area contributed by atoms with Crippen molar-refractivity contribution in [3.05, 3.63) is 71.9 Å². The van der Waals surface area contributed by atoms with Crippen LogP contribution in [-0.4, -0.2) is 47.5 Å². The molecule has 0 aliphatic rings. The van der Waals surface area contributed by atoms with Crippen molar-refractivity contribution in [2.24, 2.45) is 0 Å². The molecule has 36 heavy (non-hydrogen) atoms. The van der Waals surface area contributed by atoms with E-state index in [1.165, 1.54) is 0 Å². The number of aryl methyl sites for hydroxylation is 1. The third-order valence-corrected chi connectivity index (χ3v) is 5.81. The second-order valence-electron chi connectivity index (χ2n) is 8.09. The molecule has 0 spiro atoms. The summed E-state index contributed by atoms with van der Waals surface area (Å²) >= 11 is 0. The van der Waals surface area contributed by atoms with Crippen molar-refractivity contribution in [1.29, 1.82) is 0 Å². The predicted molar refractivity (Wildman–Crippen MR) is 135 cm³/mol. The van der Waals surface area contributed by atoms with E-state index in [2.05, 4.69) is 10.4 Å². The molecule has 0 aliphatic carbocycles. The Morgan fingerprint density at radius 3 is 2.53 bits per heavy atom. The molecule has 2 aromatic carbocycles. The summed E-state index contributed by atoms with van der Waals surface area (Å²) < 4.78 is 17.8. The van der Waals surface area contributed by atoms with E-state index >= 15 is 0 Å². The van der Waals surface area contributed by atoms with Crippen LogP contribution in [0.3, 0.4) is 0 Å². The molecule has 4 rings (SSSR count). The molecule has 1 atom stereocenters. The summed E-state index contributed by atoms with van der Waals surface area (Å²) in [6.07, 6.45) is 1.59. The zero-order valence-corrected chi connectivity index (χ0v) is 20.6. The van der Waals surface area contributed by atoms with Gasteiger partial charge in [0.05, 0.1) is 43.1 Å². The van der Waals surface area contributed by atoms with Gasteiger partial charge in [-0.15, -0.1) is 0 Å². The minimum Gasteiger partial charge on any atom is -0.497 e. The quantitative estimate of drug-likeness (QED) is 0.353. The number of benzene rings is 2. The average molecular weight is 489 g/mol. The first-order valence-corrected chi connectivity index (χ1v) is 11.6. The van der Waals surface area contributed by atoms with Crippen molar-refractivity contribution in [2.75, 3.05) is 20.8 Å². The Kier molecular flexibility index (Phi) is 7.48. The van der Waals surface area contributed by atoms with E-state index in [0.717, 1.165) is 11.1 Å². The van der Waals surface area contributed by atoms with Crippen LogP contribution < -0.4 is 14.8 Å². The number of carbonyl (C=O) groups is 2. The third kappa shape index (κ3) is 5.14. The lowest BCUT2D eigenvalue weighted by Crippen LogP contribution is -2.31. The number of fused-ring (bicyclic) bond motifs is 1. The van der Waals surface area contributed by atoms with Crippen molar-refractivity contribution < 1.29 is 23.8 Å². The summed E-state index contributed by atoms with van der Waals surface area (Å²) in [6, 6.07) is 16.1. The largest absolute Gasteiger partial charge is 0.497 e. The van der Waals surface area contributed by atoms with Gasteiger partial charge in [-0.25, -0.2) is 14.5 Å². The minimum atomic E-state index is -0.628. The topological polar surface area (TPSA) is 105 Å². The normalized spacial score (nSPS) is 11.7. The molecular weight excluding hydrogens is 460 g/mol. The Balaban J connectivity index is 1.52. The number of aromatic nitrogens is 3. The summed E-state index contributed by atoms with van der Waals surface area (Å²) in [5, 5.41) is 7.74. The third-order valence-electron chi connectivity index (χ3n) is 5.81. The van der Waals surface area contributed by atoms with E-state index in [0.29, 0.717) is 40.3 Å². The molecule has 0 saturated heterocycles. The summed E-state index contributed by atoms with van der Waals surface area (Å²) in [6.45, 7) is 3.91. The van der Waals surface area contributed by atoms with Crippen LogP contribution in [0.4, 0.5) is 0 Å². The maximum Gasteiger partial charge on any atom is 0.339 e. The number of nitrogens with one attached hydrogen (secondary N) is 1. The highest BCUT2D eigenvalue weighted by molar-refractivity contribution is 6.04. The van der Waals surface area contributed by atoms with Crippen LogP contribution in [0, 0.1) is 0 Å². The number of amides is 1. The molecule has 1 N–H and O–H groups in total. The highest BCUT2D eigenvalue weighted by Gasteiger charge is 2.21. The van der Waals surface area contributed by atoms with Gasteiger partial charge in [0, 0.05) is 17.7 Å². The van der Waals surface area contributed by atoms with Crippen LogP contribution in [0.2, 0.25) is 0 Å². The van der Waals surface area contributed by atoms with Crippen LogP contribution in [0.15, 0.2) is 60.8 Å². The summed E-state index contributed by atoms with van der Waals surface area (Å²) in [5.74, 6) is 0.179. The van der Waals surface area contributed by atoms with Gasteiger partial charge in [0.15, 0.2) is 12.3 Å². The molecular formula is C27H28N4O5. The molecule has 2 heterocycles. The Morgan fingerprint density at radius 1 is 1.06 bits per heavy atom. The molecule has 2 aromatic heterocycles. The molecule has 0 aliphatic heterocycles. The van der Waals surface area contributed by atoms with E-state index in [1.54, 1.807) is 49.4 Å². The Labute approximate surface area is 209 Å². The first-order valence-electron chi connectivity index (χ1n) is 11.6. The Bertz CT molecular complexity index is 1380. The van der Waals surface area contributed by atoms with Gasteiger partial charge in [0.25, 0.3) is 5.91 Å². The number of ether oxygens (including phenoxy) is 3. The maximum atomic E-state index is 13.1.